The number of nitrogens with zero attached hydrogens (tertiary/aromatic N) is 3. The second-order valence-corrected chi connectivity index (χ2v) is 6.99. The number of aromatic nitrogens is 3. The first kappa shape index (κ1) is 22.9. The molecule has 3 heterocycles. The monoisotopic (exact) mass is 430 g/mol. The Hall–Kier alpha value is -1.38. The maximum atomic E-state index is 13.1. The van der Waals surface area contributed by atoms with Gasteiger partial charge < -0.3 is 14.8 Å². The fraction of sp³-hybridized carbons (Fsp3) is 0.579. The van der Waals surface area contributed by atoms with Crippen LogP contribution >= 0.6 is 24.8 Å². The molecule has 28 heavy (non-hydrogen) atoms. The molecule has 0 radical (unpaired) electrons. The van der Waals surface area contributed by atoms with Gasteiger partial charge in [0.15, 0.2) is 0 Å². The summed E-state index contributed by atoms with van der Waals surface area (Å²) in [5, 5.41) is 8.11. The van der Waals surface area contributed by atoms with Crippen molar-refractivity contribution in [3.63, 3.8) is 0 Å². The van der Waals surface area contributed by atoms with E-state index in [0.29, 0.717) is 38.8 Å². The molecule has 1 aromatic heterocycles. The van der Waals surface area contributed by atoms with E-state index in [2.05, 4.69) is 5.32 Å². The van der Waals surface area contributed by atoms with Gasteiger partial charge in [-0.25, -0.2) is 9.48 Å². The van der Waals surface area contributed by atoms with E-state index in [1.54, 1.807) is 4.68 Å². The Morgan fingerprint density at radius 1 is 1.11 bits per heavy atom. The lowest BCUT2D eigenvalue weighted by molar-refractivity contribution is -0.0950. The third-order valence-electron chi connectivity index (χ3n) is 5.10. The van der Waals surface area contributed by atoms with Gasteiger partial charge in [0.1, 0.15) is 11.9 Å². The van der Waals surface area contributed by atoms with Crippen molar-refractivity contribution < 1.29 is 9.47 Å². The molecule has 2 fully saturated rings. The molecule has 2 aromatic rings. The van der Waals surface area contributed by atoms with Gasteiger partial charge in [-0.2, -0.15) is 5.10 Å². The summed E-state index contributed by atoms with van der Waals surface area (Å²) in [7, 11) is 0. The lowest BCUT2D eigenvalue weighted by Gasteiger charge is -2.22. The minimum Gasteiger partial charge on any atom is -0.376 e. The molecule has 7 nitrogen and oxygen atoms in total. The van der Waals surface area contributed by atoms with Crippen LogP contribution in [0.2, 0.25) is 0 Å². The molecule has 156 valence electrons. The molecule has 2 aliphatic rings. The van der Waals surface area contributed by atoms with Gasteiger partial charge in [0.05, 0.1) is 32.9 Å². The summed E-state index contributed by atoms with van der Waals surface area (Å²) in [6, 6.07) is 10.1. The van der Waals surface area contributed by atoms with E-state index >= 15 is 0 Å². The zero-order valence-corrected chi connectivity index (χ0v) is 17.4. The van der Waals surface area contributed by atoms with Crippen LogP contribution in [0.4, 0.5) is 0 Å². The number of benzene rings is 1. The summed E-state index contributed by atoms with van der Waals surface area (Å²) >= 11 is 0. The van der Waals surface area contributed by atoms with Crippen molar-refractivity contribution in [1.82, 2.24) is 19.7 Å². The van der Waals surface area contributed by atoms with Crippen LogP contribution in [0.1, 0.15) is 30.1 Å². The maximum absolute atomic E-state index is 13.1. The van der Waals surface area contributed by atoms with E-state index in [9.17, 15) is 4.79 Å². The van der Waals surface area contributed by atoms with Gasteiger partial charge in [0.25, 0.3) is 0 Å². The molecule has 2 saturated heterocycles. The van der Waals surface area contributed by atoms with Gasteiger partial charge in [0, 0.05) is 5.92 Å². The van der Waals surface area contributed by atoms with Gasteiger partial charge in [0.2, 0.25) is 0 Å². The molecule has 0 bridgehead atoms. The molecule has 9 heteroatoms. The standard InChI is InChI=1S/C19H26N4O3.2ClH/c24-19-22(12-15-4-2-1-3-5-15)18(16-6-8-20-9-7-16)21-23(19)13-17-14-25-10-11-26-17;;/h1-5,16-17,20H,6-14H2;2*1H. The van der Waals surface area contributed by atoms with Crippen LogP contribution in [-0.4, -0.2) is 53.4 Å². The van der Waals surface area contributed by atoms with Crippen molar-refractivity contribution in [1.29, 1.82) is 0 Å². The number of nitrogens with one attached hydrogen (secondary N) is 1. The van der Waals surface area contributed by atoms with Crippen LogP contribution < -0.4 is 11.0 Å². The highest BCUT2D eigenvalue weighted by Gasteiger charge is 2.25. The topological polar surface area (TPSA) is 70.3 Å². The Morgan fingerprint density at radius 3 is 2.54 bits per heavy atom. The molecule has 0 spiro atoms. The molecule has 1 aromatic carbocycles. The van der Waals surface area contributed by atoms with Crippen molar-refractivity contribution in [2.24, 2.45) is 0 Å². The molecular formula is C19H28Cl2N4O3. The van der Waals surface area contributed by atoms with Crippen molar-refractivity contribution in [3.8, 4) is 0 Å². The third kappa shape index (κ3) is 5.36. The van der Waals surface area contributed by atoms with E-state index in [1.807, 2.05) is 34.9 Å². The zero-order valence-electron chi connectivity index (χ0n) is 15.8. The summed E-state index contributed by atoms with van der Waals surface area (Å²) in [5.74, 6) is 1.22. The predicted octanol–water partition coefficient (Wildman–Crippen LogP) is 1.82. The first-order valence-electron chi connectivity index (χ1n) is 9.43. The van der Waals surface area contributed by atoms with Gasteiger partial charge in [-0.15, -0.1) is 24.8 Å². The predicted molar refractivity (Wildman–Crippen MR) is 112 cm³/mol. The minimum atomic E-state index is -0.109. The summed E-state index contributed by atoms with van der Waals surface area (Å²) in [5.41, 5.74) is 1.05. The third-order valence-corrected chi connectivity index (χ3v) is 5.10. The highest BCUT2D eigenvalue weighted by Crippen LogP contribution is 2.23. The molecule has 0 amide bonds. The Kier molecular flexibility index (Phi) is 8.98. The highest BCUT2D eigenvalue weighted by molar-refractivity contribution is 5.85. The zero-order chi connectivity index (χ0) is 17.8. The highest BCUT2D eigenvalue weighted by atomic mass is 35.5. The molecule has 0 saturated carbocycles. The van der Waals surface area contributed by atoms with Crippen molar-refractivity contribution in [3.05, 3.63) is 52.2 Å². The second kappa shape index (κ2) is 11.0. The molecule has 0 aliphatic carbocycles. The Balaban J connectivity index is 0.00000140. The quantitative estimate of drug-likeness (QED) is 0.782. The van der Waals surface area contributed by atoms with Gasteiger partial charge in [-0.3, -0.25) is 4.57 Å². The van der Waals surface area contributed by atoms with Crippen LogP contribution in [-0.2, 0) is 22.6 Å². The van der Waals surface area contributed by atoms with Crippen molar-refractivity contribution >= 4 is 24.8 Å². The SMILES string of the molecule is Cl.Cl.O=c1n(CC2COCCO2)nc(C2CCNCC2)n1Cc1ccccc1. The number of hydrogen-bond donors (Lipinski definition) is 1. The number of rotatable bonds is 5. The normalized spacial score (nSPS) is 20.2. The average Bonchev–Trinajstić information content (AvgIpc) is 3.00. The molecule has 2 aliphatic heterocycles. The minimum absolute atomic E-state index is 0. The van der Waals surface area contributed by atoms with E-state index in [1.165, 1.54) is 0 Å². The van der Waals surface area contributed by atoms with E-state index in [0.717, 1.165) is 37.3 Å². The van der Waals surface area contributed by atoms with Crippen LogP contribution in [0.5, 0.6) is 0 Å². The lowest BCUT2D eigenvalue weighted by atomic mass is 9.97. The largest absolute Gasteiger partial charge is 0.376 e. The Morgan fingerprint density at radius 2 is 1.86 bits per heavy atom. The molecule has 1 unspecified atom stereocenters. The maximum Gasteiger partial charge on any atom is 0.346 e. The lowest BCUT2D eigenvalue weighted by Crippen LogP contribution is -2.36. The summed E-state index contributed by atoms with van der Waals surface area (Å²) < 4.78 is 14.6. The first-order chi connectivity index (χ1) is 12.8. The fourth-order valence-corrected chi connectivity index (χ4v) is 3.71. The smallest absolute Gasteiger partial charge is 0.346 e. The van der Waals surface area contributed by atoms with Gasteiger partial charge in [-0.05, 0) is 31.5 Å². The van der Waals surface area contributed by atoms with E-state index in [4.69, 9.17) is 14.6 Å². The van der Waals surface area contributed by atoms with E-state index < -0.39 is 0 Å². The summed E-state index contributed by atoms with van der Waals surface area (Å²) in [6.07, 6.45) is 1.91. The van der Waals surface area contributed by atoms with Crippen LogP contribution in [0.15, 0.2) is 35.1 Å². The molecular weight excluding hydrogens is 403 g/mol. The van der Waals surface area contributed by atoms with Crippen LogP contribution in [0.3, 0.4) is 0 Å². The number of halogens is 2. The average molecular weight is 431 g/mol. The van der Waals surface area contributed by atoms with Crippen molar-refractivity contribution in [2.45, 2.75) is 38.0 Å². The molecule has 1 N–H and O–H groups in total. The first-order valence-corrected chi connectivity index (χ1v) is 9.43. The van der Waals surface area contributed by atoms with E-state index in [-0.39, 0.29) is 36.6 Å². The Labute approximate surface area is 177 Å². The molecule has 1 atom stereocenters. The number of ether oxygens (including phenoxy) is 2. The number of hydrogen-bond acceptors (Lipinski definition) is 5. The van der Waals surface area contributed by atoms with Gasteiger partial charge in [-0.1, -0.05) is 30.3 Å². The number of piperidine rings is 1. The molecule has 4 rings (SSSR count). The second-order valence-electron chi connectivity index (χ2n) is 6.99. The summed E-state index contributed by atoms with van der Waals surface area (Å²) in [6.45, 7) is 4.65. The van der Waals surface area contributed by atoms with Gasteiger partial charge >= 0.3 is 5.69 Å². The Bertz CT molecular complexity index is 769. The fourth-order valence-electron chi connectivity index (χ4n) is 3.71. The van der Waals surface area contributed by atoms with Crippen LogP contribution in [0.25, 0.3) is 0 Å². The van der Waals surface area contributed by atoms with Crippen LogP contribution in [0, 0.1) is 0 Å². The summed E-state index contributed by atoms with van der Waals surface area (Å²) in [4.78, 5) is 13.1. The van der Waals surface area contributed by atoms with Crippen molar-refractivity contribution in [2.75, 3.05) is 32.9 Å².